The molecule has 5 heteroatoms. The normalized spacial score (nSPS) is 15.4. The van der Waals surface area contributed by atoms with Crippen LogP contribution in [-0.4, -0.2) is 29.0 Å². The van der Waals surface area contributed by atoms with Gasteiger partial charge in [-0.1, -0.05) is 0 Å². The summed E-state index contributed by atoms with van der Waals surface area (Å²) in [6.07, 6.45) is 3.86. The molecule has 1 saturated heterocycles. The van der Waals surface area contributed by atoms with Crippen molar-refractivity contribution in [3.8, 4) is 0 Å². The molecule has 4 nitrogen and oxygen atoms in total. The molecule has 2 heterocycles. The number of hydrogen-bond donors (Lipinski definition) is 1. The van der Waals surface area contributed by atoms with E-state index < -0.39 is 0 Å². The van der Waals surface area contributed by atoms with Crippen LogP contribution in [0.25, 0.3) is 0 Å². The largest absolute Gasteiger partial charge is 0.324 e. The fraction of sp³-hybridized carbons (Fsp3) is 0.400. The van der Waals surface area contributed by atoms with Gasteiger partial charge in [0.25, 0.3) is 0 Å². The van der Waals surface area contributed by atoms with Crippen LogP contribution in [0, 0.1) is 0 Å². The predicted molar refractivity (Wildman–Crippen MR) is 61.8 cm³/mol. The Labute approximate surface area is 96.8 Å². The van der Waals surface area contributed by atoms with Crippen molar-refractivity contribution in [2.75, 3.05) is 18.4 Å². The molecule has 1 aromatic heterocycles. The highest BCUT2D eigenvalue weighted by atomic mass is 79.9. The molecule has 1 aliphatic heterocycles. The van der Waals surface area contributed by atoms with Gasteiger partial charge in [0.15, 0.2) is 0 Å². The number of urea groups is 1. The molecular weight excluding hydrogens is 258 g/mol. The van der Waals surface area contributed by atoms with Gasteiger partial charge >= 0.3 is 6.03 Å². The molecule has 1 fully saturated rings. The number of carbonyl (C=O) groups excluding carboxylic acids is 1. The monoisotopic (exact) mass is 269 g/mol. The minimum absolute atomic E-state index is 0.0534. The molecule has 0 aromatic carbocycles. The maximum absolute atomic E-state index is 11.7. The number of halogens is 1. The number of nitrogens with zero attached hydrogens (tertiary/aromatic N) is 2. The second-order valence-electron chi connectivity index (χ2n) is 3.49. The average Bonchev–Trinajstić information content (AvgIpc) is 2.74. The summed E-state index contributed by atoms with van der Waals surface area (Å²) in [6.45, 7) is 1.70. The number of nitrogens with one attached hydrogen (secondary N) is 1. The Kier molecular flexibility index (Phi) is 3.20. The third-order valence-corrected chi connectivity index (χ3v) is 2.82. The highest BCUT2D eigenvalue weighted by Crippen LogP contribution is 2.13. The van der Waals surface area contributed by atoms with Crippen LogP contribution in [0.2, 0.25) is 0 Å². The topological polar surface area (TPSA) is 45.2 Å². The van der Waals surface area contributed by atoms with Crippen molar-refractivity contribution in [1.29, 1.82) is 0 Å². The van der Waals surface area contributed by atoms with Gasteiger partial charge < -0.3 is 4.90 Å². The van der Waals surface area contributed by atoms with Crippen molar-refractivity contribution in [3.05, 3.63) is 22.8 Å². The summed E-state index contributed by atoms with van der Waals surface area (Å²) in [5.41, 5.74) is 0. The van der Waals surface area contributed by atoms with Crippen molar-refractivity contribution in [2.45, 2.75) is 12.8 Å². The molecule has 2 amide bonds. The first-order valence-corrected chi connectivity index (χ1v) is 5.72. The van der Waals surface area contributed by atoms with Gasteiger partial charge in [0, 0.05) is 23.8 Å². The van der Waals surface area contributed by atoms with Gasteiger partial charge in [0.1, 0.15) is 5.82 Å². The molecular formula is C10H12BrN3O. The highest BCUT2D eigenvalue weighted by molar-refractivity contribution is 9.10. The first kappa shape index (κ1) is 10.4. The van der Waals surface area contributed by atoms with Crippen LogP contribution >= 0.6 is 15.9 Å². The van der Waals surface area contributed by atoms with E-state index in [9.17, 15) is 4.79 Å². The van der Waals surface area contributed by atoms with E-state index in [1.54, 1.807) is 12.3 Å². The number of amides is 2. The zero-order valence-corrected chi connectivity index (χ0v) is 9.83. The molecule has 0 spiro atoms. The van der Waals surface area contributed by atoms with Crippen LogP contribution in [0.5, 0.6) is 0 Å². The Morgan fingerprint density at radius 1 is 1.40 bits per heavy atom. The first-order chi connectivity index (χ1) is 7.25. The van der Waals surface area contributed by atoms with E-state index in [2.05, 4.69) is 26.2 Å². The Morgan fingerprint density at radius 2 is 2.13 bits per heavy atom. The minimum Gasteiger partial charge on any atom is -0.324 e. The van der Waals surface area contributed by atoms with Gasteiger partial charge in [-0.15, -0.1) is 0 Å². The number of aromatic nitrogens is 1. The van der Waals surface area contributed by atoms with E-state index >= 15 is 0 Å². The third kappa shape index (κ3) is 2.68. The second kappa shape index (κ2) is 4.61. The number of anilines is 1. The average molecular weight is 270 g/mol. The van der Waals surface area contributed by atoms with Crippen LogP contribution in [0.4, 0.5) is 10.6 Å². The second-order valence-corrected chi connectivity index (χ2v) is 4.40. The number of pyridine rings is 1. The minimum atomic E-state index is -0.0534. The Balaban J connectivity index is 1.96. The molecule has 1 aromatic rings. The summed E-state index contributed by atoms with van der Waals surface area (Å²) in [5, 5.41) is 2.77. The molecule has 0 bridgehead atoms. The molecule has 0 unspecified atom stereocenters. The summed E-state index contributed by atoms with van der Waals surface area (Å²) in [7, 11) is 0. The summed E-state index contributed by atoms with van der Waals surface area (Å²) in [5.74, 6) is 0.593. The number of hydrogen-bond acceptors (Lipinski definition) is 2. The van der Waals surface area contributed by atoms with E-state index in [1.165, 1.54) is 0 Å². The zero-order valence-electron chi connectivity index (χ0n) is 8.24. The predicted octanol–water partition coefficient (Wildman–Crippen LogP) is 2.47. The summed E-state index contributed by atoms with van der Waals surface area (Å²) < 4.78 is 0.904. The molecule has 1 aliphatic rings. The summed E-state index contributed by atoms with van der Waals surface area (Å²) in [6, 6.07) is 3.58. The van der Waals surface area contributed by atoms with Gasteiger partial charge in [-0.3, -0.25) is 5.32 Å². The van der Waals surface area contributed by atoms with E-state index in [4.69, 9.17) is 0 Å². The quantitative estimate of drug-likeness (QED) is 0.852. The van der Waals surface area contributed by atoms with Crippen LogP contribution in [0.3, 0.4) is 0 Å². The molecule has 15 heavy (non-hydrogen) atoms. The van der Waals surface area contributed by atoms with Gasteiger partial charge in [0.05, 0.1) is 0 Å². The summed E-state index contributed by atoms with van der Waals surface area (Å²) >= 11 is 3.29. The molecule has 0 aliphatic carbocycles. The lowest BCUT2D eigenvalue weighted by Gasteiger charge is -2.15. The molecule has 80 valence electrons. The first-order valence-electron chi connectivity index (χ1n) is 4.93. The van der Waals surface area contributed by atoms with Gasteiger partial charge in [0.2, 0.25) is 0 Å². The fourth-order valence-electron chi connectivity index (χ4n) is 1.56. The number of likely N-dealkylation sites (tertiary alicyclic amines) is 1. The summed E-state index contributed by atoms with van der Waals surface area (Å²) in [4.78, 5) is 17.6. The van der Waals surface area contributed by atoms with E-state index in [-0.39, 0.29) is 6.03 Å². The smallest absolute Gasteiger partial charge is 0.323 e. The van der Waals surface area contributed by atoms with Crippen molar-refractivity contribution in [2.24, 2.45) is 0 Å². The zero-order chi connectivity index (χ0) is 10.7. The lowest BCUT2D eigenvalue weighted by molar-refractivity contribution is 0.222. The Bertz CT molecular complexity index is 346. The third-order valence-electron chi connectivity index (χ3n) is 2.36. The number of carbonyl (C=O) groups is 1. The molecule has 1 N–H and O–H groups in total. The van der Waals surface area contributed by atoms with Crippen molar-refractivity contribution >= 4 is 27.8 Å². The molecule has 0 radical (unpaired) electrons. The number of rotatable bonds is 1. The maximum atomic E-state index is 11.7. The van der Waals surface area contributed by atoms with Gasteiger partial charge in [-0.2, -0.15) is 0 Å². The van der Waals surface area contributed by atoms with Crippen molar-refractivity contribution in [1.82, 2.24) is 9.88 Å². The van der Waals surface area contributed by atoms with E-state index in [0.29, 0.717) is 5.82 Å². The van der Waals surface area contributed by atoms with Gasteiger partial charge in [-0.05, 0) is 40.9 Å². The van der Waals surface area contributed by atoms with E-state index in [0.717, 1.165) is 30.4 Å². The highest BCUT2D eigenvalue weighted by Gasteiger charge is 2.17. The standard InChI is InChI=1S/C10H12BrN3O/c11-8-3-4-9(12-7-8)13-10(15)14-5-1-2-6-14/h3-4,7H,1-2,5-6H2,(H,12,13,15). The Hall–Kier alpha value is -1.10. The van der Waals surface area contributed by atoms with Crippen LogP contribution in [0.15, 0.2) is 22.8 Å². The lowest BCUT2D eigenvalue weighted by Crippen LogP contribution is -2.32. The van der Waals surface area contributed by atoms with Crippen LogP contribution < -0.4 is 5.32 Å². The van der Waals surface area contributed by atoms with Gasteiger partial charge in [-0.25, -0.2) is 9.78 Å². The fourth-order valence-corrected chi connectivity index (χ4v) is 1.79. The van der Waals surface area contributed by atoms with Crippen molar-refractivity contribution in [3.63, 3.8) is 0 Å². The Morgan fingerprint density at radius 3 is 2.73 bits per heavy atom. The SMILES string of the molecule is O=C(Nc1ccc(Br)cn1)N1CCCC1. The van der Waals surface area contributed by atoms with Crippen LogP contribution in [0.1, 0.15) is 12.8 Å². The molecule has 0 atom stereocenters. The maximum Gasteiger partial charge on any atom is 0.323 e. The molecule has 2 rings (SSSR count). The van der Waals surface area contributed by atoms with Crippen LogP contribution in [-0.2, 0) is 0 Å². The van der Waals surface area contributed by atoms with E-state index in [1.807, 2.05) is 11.0 Å². The van der Waals surface area contributed by atoms with Crippen molar-refractivity contribution < 1.29 is 4.79 Å². The molecule has 0 saturated carbocycles. The lowest BCUT2D eigenvalue weighted by atomic mass is 10.4.